The number of hydrogen-bond acceptors (Lipinski definition) is 10. The van der Waals surface area contributed by atoms with Gasteiger partial charge in [0.15, 0.2) is 12.4 Å². The predicted octanol–water partition coefficient (Wildman–Crippen LogP) is 6.77. The number of nitrogens with one attached hydrogen (secondary N) is 1. The summed E-state index contributed by atoms with van der Waals surface area (Å²) < 4.78 is 57.3. The van der Waals surface area contributed by atoms with Gasteiger partial charge in [0.05, 0.1) is 39.9 Å². The van der Waals surface area contributed by atoms with Crippen molar-refractivity contribution in [2.75, 3.05) is 27.4 Å². The number of aromatic amines is 1. The number of H-pyrrole nitrogens is 1. The maximum absolute atomic E-state index is 17.1. The molecule has 5 atom stereocenters. The minimum atomic E-state index is -1.93. The highest BCUT2D eigenvalue weighted by Crippen LogP contribution is 2.51. The molecular formula is C40H48FN4O8P. The standard InChI is InChI=1S/C40H48FN4O8P/c1-26(2)45(27(3)4)54(51-23-11-22-42)53-36-34(52-38(35(36)41)44-24-28(5)37(46)43-39(44)47)25-50-40(29-12-9-8-10-13-29,30-14-18-32(48-6)19-15-30)31-16-20-33(49-7)21-17-31/h8-10,12-21,24,26-27,34-36,38H,11,23,25H2,1-7H3,(H,43,46,47)/t34-,35-,36+,38-,54?/m1/s1. The largest absolute Gasteiger partial charge is 0.497 e. The fraction of sp³-hybridized carbons (Fsp3) is 0.425. The van der Waals surface area contributed by atoms with Crippen LogP contribution in [0.1, 0.15) is 62.6 Å². The molecule has 288 valence electrons. The molecule has 0 bridgehead atoms. The lowest BCUT2D eigenvalue weighted by atomic mass is 9.80. The molecule has 54 heavy (non-hydrogen) atoms. The molecule has 1 aliphatic rings. The van der Waals surface area contributed by atoms with Gasteiger partial charge in [0.2, 0.25) is 0 Å². The first kappa shape index (κ1) is 40.8. The molecule has 1 aliphatic heterocycles. The monoisotopic (exact) mass is 762 g/mol. The molecule has 14 heteroatoms. The minimum Gasteiger partial charge on any atom is -0.497 e. The van der Waals surface area contributed by atoms with Crippen LogP contribution in [0.15, 0.2) is 94.6 Å². The molecule has 1 saturated heterocycles. The van der Waals surface area contributed by atoms with Gasteiger partial charge in [-0.05, 0) is 75.6 Å². The first-order valence-electron chi connectivity index (χ1n) is 17.8. The van der Waals surface area contributed by atoms with Crippen LogP contribution < -0.4 is 20.7 Å². The Morgan fingerprint density at radius 2 is 1.48 bits per heavy atom. The van der Waals surface area contributed by atoms with E-state index < -0.39 is 50.0 Å². The zero-order valence-corrected chi connectivity index (χ0v) is 32.5. The molecule has 0 radical (unpaired) electrons. The van der Waals surface area contributed by atoms with Crippen LogP contribution >= 0.6 is 8.53 Å². The van der Waals surface area contributed by atoms with Gasteiger partial charge in [-0.3, -0.25) is 14.3 Å². The molecule has 2 heterocycles. The number of aryl methyl sites for hydroxylation is 1. The van der Waals surface area contributed by atoms with E-state index in [-0.39, 0.29) is 37.3 Å². The lowest BCUT2D eigenvalue weighted by molar-refractivity contribution is -0.0935. The van der Waals surface area contributed by atoms with Gasteiger partial charge in [0.25, 0.3) is 14.1 Å². The summed E-state index contributed by atoms with van der Waals surface area (Å²) in [6.45, 7) is 9.30. The van der Waals surface area contributed by atoms with Crippen LogP contribution in [0.2, 0.25) is 0 Å². The van der Waals surface area contributed by atoms with Crippen LogP contribution in [0.25, 0.3) is 0 Å². The number of aromatic nitrogens is 2. The summed E-state index contributed by atoms with van der Waals surface area (Å²) in [6, 6.07) is 26.6. The van der Waals surface area contributed by atoms with Crippen LogP contribution in [-0.2, 0) is 24.1 Å². The van der Waals surface area contributed by atoms with Crippen molar-refractivity contribution in [2.24, 2.45) is 0 Å². The second kappa shape index (κ2) is 18.3. The molecule has 5 rings (SSSR count). The molecule has 1 fully saturated rings. The van der Waals surface area contributed by atoms with Gasteiger partial charge < -0.3 is 28.0 Å². The first-order chi connectivity index (χ1) is 25.9. The number of ether oxygens (including phenoxy) is 4. The Hall–Kier alpha value is -4.41. The highest BCUT2D eigenvalue weighted by molar-refractivity contribution is 7.44. The maximum Gasteiger partial charge on any atom is 0.330 e. The van der Waals surface area contributed by atoms with Crippen LogP contribution in [0, 0.1) is 18.3 Å². The minimum absolute atomic E-state index is 0.0654. The Bertz CT molecular complexity index is 1910. The predicted molar refractivity (Wildman–Crippen MR) is 203 cm³/mol. The van der Waals surface area contributed by atoms with Gasteiger partial charge in [0, 0.05) is 23.8 Å². The van der Waals surface area contributed by atoms with Crippen LogP contribution in [0.3, 0.4) is 0 Å². The number of rotatable bonds is 17. The Balaban J connectivity index is 1.64. The van der Waals surface area contributed by atoms with Gasteiger partial charge in [-0.2, -0.15) is 5.26 Å². The average molecular weight is 763 g/mol. The highest BCUT2D eigenvalue weighted by Gasteiger charge is 2.51. The molecule has 1 unspecified atom stereocenters. The summed E-state index contributed by atoms with van der Waals surface area (Å²) in [5, 5.41) is 9.27. The summed E-state index contributed by atoms with van der Waals surface area (Å²) in [5.74, 6) is 1.30. The third-order valence-corrected chi connectivity index (χ3v) is 11.3. The Morgan fingerprint density at radius 1 is 0.926 bits per heavy atom. The number of nitriles is 1. The van der Waals surface area contributed by atoms with E-state index in [1.165, 1.54) is 13.1 Å². The van der Waals surface area contributed by atoms with Crippen molar-refractivity contribution in [1.82, 2.24) is 14.2 Å². The number of hydrogen-bond donors (Lipinski definition) is 1. The maximum atomic E-state index is 17.1. The third-order valence-electron chi connectivity index (χ3n) is 9.20. The zero-order valence-electron chi connectivity index (χ0n) is 31.6. The quantitative estimate of drug-likeness (QED) is 0.0698. The Labute approximate surface area is 316 Å². The van der Waals surface area contributed by atoms with Crippen LogP contribution in [0.5, 0.6) is 11.5 Å². The molecule has 0 aliphatic carbocycles. The van der Waals surface area contributed by atoms with Crippen molar-refractivity contribution in [3.63, 3.8) is 0 Å². The van der Waals surface area contributed by atoms with E-state index in [9.17, 15) is 14.9 Å². The molecule has 4 aromatic rings. The van der Waals surface area contributed by atoms with Gasteiger partial charge in [-0.25, -0.2) is 13.9 Å². The smallest absolute Gasteiger partial charge is 0.330 e. The number of benzene rings is 3. The van der Waals surface area contributed by atoms with E-state index in [1.54, 1.807) is 14.2 Å². The average Bonchev–Trinajstić information content (AvgIpc) is 3.47. The van der Waals surface area contributed by atoms with Crippen LogP contribution in [-0.4, -0.2) is 72.1 Å². The third kappa shape index (κ3) is 8.76. The molecule has 1 N–H and O–H groups in total. The summed E-state index contributed by atoms with van der Waals surface area (Å²) >= 11 is 0. The summed E-state index contributed by atoms with van der Waals surface area (Å²) in [7, 11) is 1.25. The van der Waals surface area contributed by atoms with E-state index in [1.807, 2.05) is 111 Å². The van der Waals surface area contributed by atoms with E-state index in [0.29, 0.717) is 11.5 Å². The second-order valence-electron chi connectivity index (χ2n) is 13.4. The summed E-state index contributed by atoms with van der Waals surface area (Å²) in [4.78, 5) is 27.6. The number of methoxy groups -OCH3 is 2. The lowest BCUT2D eigenvalue weighted by Gasteiger charge is -2.39. The number of nitrogens with zero attached hydrogens (tertiary/aromatic N) is 3. The van der Waals surface area contributed by atoms with Gasteiger partial charge in [0.1, 0.15) is 29.3 Å². The van der Waals surface area contributed by atoms with Crippen molar-refractivity contribution in [3.8, 4) is 17.6 Å². The molecule has 0 spiro atoms. The van der Waals surface area contributed by atoms with Crippen molar-refractivity contribution in [3.05, 3.63) is 128 Å². The number of halogens is 1. The normalized spacial score (nSPS) is 19.3. The molecule has 1 aromatic heterocycles. The van der Waals surface area contributed by atoms with Gasteiger partial charge in [-0.15, -0.1) is 0 Å². The van der Waals surface area contributed by atoms with E-state index in [4.69, 9.17) is 28.0 Å². The SMILES string of the molecule is COc1ccc(C(OC[C@H]2O[C@@H](n3cc(C)c(=O)[nH]c3=O)[C@H](F)[C@H]2OP(OCCC#N)N(C(C)C)C(C)C)(c2ccccc2)c2ccc(OC)cc2)cc1. The Morgan fingerprint density at radius 3 is 2.00 bits per heavy atom. The molecule has 3 aromatic carbocycles. The first-order valence-corrected chi connectivity index (χ1v) is 18.9. The molecule has 12 nitrogen and oxygen atoms in total. The van der Waals surface area contributed by atoms with E-state index in [0.717, 1.165) is 21.3 Å². The van der Waals surface area contributed by atoms with Crippen molar-refractivity contribution >= 4 is 8.53 Å². The van der Waals surface area contributed by atoms with Crippen LogP contribution in [0.4, 0.5) is 4.39 Å². The van der Waals surface area contributed by atoms with E-state index >= 15 is 4.39 Å². The fourth-order valence-corrected chi connectivity index (χ4v) is 8.40. The molecule has 0 amide bonds. The summed E-state index contributed by atoms with van der Waals surface area (Å²) in [5.41, 5.74) is -0.177. The van der Waals surface area contributed by atoms with E-state index in [2.05, 4.69) is 11.1 Å². The van der Waals surface area contributed by atoms with Crippen molar-refractivity contribution in [1.29, 1.82) is 5.26 Å². The lowest BCUT2D eigenvalue weighted by Crippen LogP contribution is -2.41. The fourth-order valence-electron chi connectivity index (χ4n) is 6.63. The topological polar surface area (TPSA) is 137 Å². The highest BCUT2D eigenvalue weighted by atomic mass is 31.2. The second-order valence-corrected chi connectivity index (χ2v) is 14.8. The van der Waals surface area contributed by atoms with Crippen molar-refractivity contribution < 1.29 is 32.4 Å². The van der Waals surface area contributed by atoms with Crippen molar-refractivity contribution in [2.45, 2.75) is 83.3 Å². The van der Waals surface area contributed by atoms with Gasteiger partial charge >= 0.3 is 5.69 Å². The molecular weight excluding hydrogens is 714 g/mol. The van der Waals surface area contributed by atoms with Gasteiger partial charge in [-0.1, -0.05) is 54.6 Å². The summed E-state index contributed by atoms with van der Waals surface area (Å²) in [6.07, 6.45) is -4.38. The Kier molecular flexibility index (Phi) is 13.8. The zero-order chi connectivity index (χ0) is 39.0. The number of alkyl halides is 1. The molecule has 0 saturated carbocycles.